The summed E-state index contributed by atoms with van der Waals surface area (Å²) in [6.45, 7) is 2.56. The van der Waals surface area contributed by atoms with Gasteiger partial charge in [-0.3, -0.25) is 14.9 Å². The molecule has 0 fully saturated rings. The molecule has 1 aromatic heterocycles. The molecule has 2 rings (SSSR count). The smallest absolute Gasteiger partial charge is 0.333 e. The molecule has 0 atom stereocenters. The molecule has 0 bridgehead atoms. The predicted molar refractivity (Wildman–Crippen MR) is 74.9 cm³/mol. The quantitative estimate of drug-likeness (QED) is 0.671. The minimum absolute atomic E-state index is 0.472. The van der Waals surface area contributed by atoms with Crippen LogP contribution in [0.15, 0.2) is 41.2 Å². The van der Waals surface area contributed by atoms with Gasteiger partial charge in [0.1, 0.15) is 5.75 Å². The Balaban J connectivity index is 2.44. The van der Waals surface area contributed by atoms with E-state index in [4.69, 9.17) is 4.74 Å². The van der Waals surface area contributed by atoms with Gasteiger partial charge in [0, 0.05) is 11.6 Å². The zero-order valence-corrected chi connectivity index (χ0v) is 11.0. The average molecular weight is 274 g/mol. The van der Waals surface area contributed by atoms with Gasteiger partial charge in [0.2, 0.25) is 0 Å². The van der Waals surface area contributed by atoms with Crippen molar-refractivity contribution in [3.05, 3.63) is 56.9 Å². The van der Waals surface area contributed by atoms with Gasteiger partial charge in [-0.2, -0.15) is 0 Å². The molecule has 104 valence electrons. The van der Waals surface area contributed by atoms with E-state index in [1.54, 1.807) is 12.1 Å². The molecule has 0 spiro atoms. The lowest BCUT2D eigenvalue weighted by atomic mass is 10.1. The van der Waals surface area contributed by atoms with Gasteiger partial charge >= 0.3 is 11.2 Å². The number of aromatic nitrogens is 1. The van der Waals surface area contributed by atoms with Crippen LogP contribution in [-0.4, -0.2) is 16.5 Å². The van der Waals surface area contributed by atoms with Crippen LogP contribution in [0, 0.1) is 10.1 Å². The lowest BCUT2D eigenvalue weighted by Crippen LogP contribution is -2.11. The van der Waals surface area contributed by atoms with E-state index < -0.39 is 16.2 Å². The third-order valence-corrected chi connectivity index (χ3v) is 2.72. The number of rotatable bonds is 5. The van der Waals surface area contributed by atoms with Crippen LogP contribution in [0.1, 0.15) is 13.3 Å². The van der Waals surface area contributed by atoms with Gasteiger partial charge in [-0.1, -0.05) is 19.1 Å². The average Bonchev–Trinajstić information content (AvgIpc) is 2.45. The molecule has 0 amide bonds. The number of hydrogen-bond acceptors (Lipinski definition) is 4. The summed E-state index contributed by atoms with van der Waals surface area (Å²) < 4.78 is 5.60. The summed E-state index contributed by atoms with van der Waals surface area (Å²) in [6.07, 6.45) is 0.866. The number of hydrogen-bond donors (Lipinski definition) is 1. The zero-order chi connectivity index (χ0) is 14.5. The van der Waals surface area contributed by atoms with Crippen molar-refractivity contribution in [3.8, 4) is 17.0 Å². The van der Waals surface area contributed by atoms with Gasteiger partial charge in [0.15, 0.2) is 0 Å². The summed E-state index contributed by atoms with van der Waals surface area (Å²) in [6, 6.07) is 9.94. The van der Waals surface area contributed by atoms with E-state index in [1.807, 2.05) is 19.1 Å². The highest BCUT2D eigenvalue weighted by atomic mass is 16.6. The van der Waals surface area contributed by atoms with Crippen LogP contribution in [0.2, 0.25) is 0 Å². The maximum atomic E-state index is 11.6. The van der Waals surface area contributed by atoms with Gasteiger partial charge in [0.25, 0.3) is 0 Å². The predicted octanol–water partition coefficient (Wildman–Crippen LogP) is 2.74. The summed E-state index contributed by atoms with van der Waals surface area (Å²) in [5.74, 6) is 0.638. The van der Waals surface area contributed by atoms with Gasteiger partial charge in [-0.15, -0.1) is 0 Å². The Morgan fingerprint density at radius 2 is 2.00 bits per heavy atom. The van der Waals surface area contributed by atoms with Crippen molar-refractivity contribution in [2.24, 2.45) is 0 Å². The molecular weight excluding hydrogens is 260 g/mol. The highest BCUT2D eigenvalue weighted by Gasteiger charge is 2.14. The van der Waals surface area contributed by atoms with Crippen LogP contribution in [0.4, 0.5) is 5.69 Å². The Labute approximate surface area is 115 Å². The van der Waals surface area contributed by atoms with Crippen molar-refractivity contribution in [1.82, 2.24) is 4.98 Å². The third kappa shape index (κ3) is 2.85. The SMILES string of the molecule is CCCOc1ccccc1-c1ccc([N+](=O)[O-])c(=O)[nH]1. The fourth-order valence-electron chi connectivity index (χ4n) is 1.79. The molecule has 1 heterocycles. The number of para-hydroxylation sites is 1. The van der Waals surface area contributed by atoms with Crippen LogP contribution in [0.5, 0.6) is 5.75 Å². The second-order valence-corrected chi connectivity index (χ2v) is 4.19. The van der Waals surface area contributed by atoms with Gasteiger partial charge in [-0.05, 0) is 24.6 Å². The number of ether oxygens (including phenoxy) is 1. The Morgan fingerprint density at radius 1 is 1.25 bits per heavy atom. The van der Waals surface area contributed by atoms with Crippen molar-refractivity contribution in [1.29, 1.82) is 0 Å². The summed E-state index contributed by atoms with van der Waals surface area (Å²) >= 11 is 0. The standard InChI is InChI=1S/C14H14N2O4/c1-2-9-20-13-6-4-3-5-10(13)11-7-8-12(16(18)19)14(17)15-11/h3-8H,2,9H2,1H3,(H,15,17). The van der Waals surface area contributed by atoms with Gasteiger partial charge in [-0.25, -0.2) is 0 Å². The normalized spacial score (nSPS) is 10.2. The highest BCUT2D eigenvalue weighted by molar-refractivity contribution is 5.67. The first-order valence-electron chi connectivity index (χ1n) is 6.23. The maximum absolute atomic E-state index is 11.6. The lowest BCUT2D eigenvalue weighted by Gasteiger charge is -2.10. The zero-order valence-electron chi connectivity index (χ0n) is 11.0. The molecule has 0 saturated heterocycles. The molecule has 6 heteroatoms. The van der Waals surface area contributed by atoms with Crippen molar-refractivity contribution >= 4 is 5.69 Å². The Hall–Kier alpha value is -2.63. The molecule has 0 aliphatic carbocycles. The van der Waals surface area contributed by atoms with Crippen LogP contribution >= 0.6 is 0 Å². The number of aromatic amines is 1. The largest absolute Gasteiger partial charge is 0.493 e. The van der Waals surface area contributed by atoms with Gasteiger partial charge < -0.3 is 9.72 Å². The van der Waals surface area contributed by atoms with E-state index >= 15 is 0 Å². The van der Waals surface area contributed by atoms with Crippen molar-refractivity contribution in [3.63, 3.8) is 0 Å². The minimum atomic E-state index is -0.724. The molecule has 0 unspecified atom stereocenters. The summed E-state index contributed by atoms with van der Waals surface area (Å²) in [7, 11) is 0. The van der Waals surface area contributed by atoms with Crippen LogP contribution in [-0.2, 0) is 0 Å². The van der Waals surface area contributed by atoms with E-state index in [0.29, 0.717) is 23.6 Å². The summed E-state index contributed by atoms with van der Waals surface area (Å²) in [5, 5.41) is 10.6. The first-order chi connectivity index (χ1) is 9.63. The first-order valence-corrected chi connectivity index (χ1v) is 6.23. The maximum Gasteiger partial charge on any atom is 0.333 e. The molecule has 2 aromatic rings. The number of pyridine rings is 1. The number of nitro groups is 1. The van der Waals surface area contributed by atoms with E-state index in [1.165, 1.54) is 12.1 Å². The lowest BCUT2D eigenvalue weighted by molar-refractivity contribution is -0.386. The molecule has 0 radical (unpaired) electrons. The second kappa shape index (κ2) is 6.01. The molecule has 1 N–H and O–H groups in total. The highest BCUT2D eigenvalue weighted by Crippen LogP contribution is 2.28. The molecule has 20 heavy (non-hydrogen) atoms. The molecule has 1 aromatic carbocycles. The number of H-pyrrole nitrogens is 1. The first kappa shape index (κ1) is 13.8. The number of nitrogens with one attached hydrogen (secondary N) is 1. The summed E-state index contributed by atoms with van der Waals surface area (Å²) in [5.41, 5.74) is -0.00115. The molecule has 6 nitrogen and oxygen atoms in total. The van der Waals surface area contributed by atoms with Gasteiger partial charge in [0.05, 0.1) is 17.2 Å². The van der Waals surface area contributed by atoms with E-state index in [0.717, 1.165) is 6.42 Å². The van der Waals surface area contributed by atoms with Crippen LogP contribution < -0.4 is 10.3 Å². The number of nitrogens with zero attached hydrogens (tertiary/aromatic N) is 1. The summed E-state index contributed by atoms with van der Waals surface area (Å²) in [4.78, 5) is 24.1. The minimum Gasteiger partial charge on any atom is -0.493 e. The van der Waals surface area contributed by atoms with E-state index in [9.17, 15) is 14.9 Å². The molecule has 0 aliphatic rings. The number of benzene rings is 1. The fraction of sp³-hybridized carbons (Fsp3) is 0.214. The van der Waals surface area contributed by atoms with Crippen molar-refractivity contribution in [2.75, 3.05) is 6.61 Å². The topological polar surface area (TPSA) is 85.2 Å². The van der Waals surface area contributed by atoms with Crippen LogP contribution in [0.25, 0.3) is 11.3 Å². The third-order valence-electron chi connectivity index (χ3n) is 2.72. The second-order valence-electron chi connectivity index (χ2n) is 4.19. The molecular formula is C14H14N2O4. The van der Waals surface area contributed by atoms with Crippen molar-refractivity contribution in [2.45, 2.75) is 13.3 Å². The Morgan fingerprint density at radius 3 is 2.65 bits per heavy atom. The molecule has 0 aliphatic heterocycles. The Kier molecular flexibility index (Phi) is 4.14. The monoisotopic (exact) mass is 274 g/mol. The fourth-order valence-corrected chi connectivity index (χ4v) is 1.79. The molecule has 0 saturated carbocycles. The van der Waals surface area contributed by atoms with Crippen molar-refractivity contribution < 1.29 is 9.66 Å². The Bertz CT molecular complexity index is 679. The van der Waals surface area contributed by atoms with Crippen LogP contribution in [0.3, 0.4) is 0 Å². The van der Waals surface area contributed by atoms with E-state index in [-0.39, 0.29) is 0 Å². The van der Waals surface area contributed by atoms with E-state index in [2.05, 4.69) is 4.98 Å².